The maximum Gasteiger partial charge on any atom is 0.224 e. The van der Waals surface area contributed by atoms with Gasteiger partial charge >= 0.3 is 0 Å². The summed E-state index contributed by atoms with van der Waals surface area (Å²) in [7, 11) is 0. The summed E-state index contributed by atoms with van der Waals surface area (Å²) < 4.78 is 0. The van der Waals surface area contributed by atoms with Crippen LogP contribution >= 0.6 is 0 Å². The second-order valence-electron chi connectivity index (χ2n) is 4.32. The predicted molar refractivity (Wildman–Crippen MR) is 54.3 cm³/mol. The number of nitrogens with one attached hydrogen (secondary N) is 1. The molecular weight excluding hydrogens is 176 g/mol. The van der Waals surface area contributed by atoms with Gasteiger partial charge in [-0.3, -0.25) is 4.79 Å². The SMILES string of the molecule is CC1CCC(C(=O)NC(C)C#N)CC1. The van der Waals surface area contributed by atoms with Crippen molar-refractivity contribution in [3.8, 4) is 6.07 Å². The highest BCUT2D eigenvalue weighted by molar-refractivity contribution is 5.79. The van der Waals surface area contributed by atoms with Gasteiger partial charge in [-0.05, 0) is 38.5 Å². The summed E-state index contributed by atoms with van der Waals surface area (Å²) in [6, 6.07) is 1.65. The molecule has 3 nitrogen and oxygen atoms in total. The fourth-order valence-corrected chi connectivity index (χ4v) is 1.89. The van der Waals surface area contributed by atoms with E-state index < -0.39 is 0 Å². The van der Waals surface area contributed by atoms with Crippen LogP contribution in [0.15, 0.2) is 0 Å². The topological polar surface area (TPSA) is 52.9 Å². The zero-order chi connectivity index (χ0) is 10.6. The molecule has 1 aliphatic carbocycles. The molecule has 0 bridgehead atoms. The van der Waals surface area contributed by atoms with Crippen molar-refractivity contribution in [3.63, 3.8) is 0 Å². The third-order valence-electron chi connectivity index (χ3n) is 2.94. The lowest BCUT2D eigenvalue weighted by Gasteiger charge is -2.25. The number of nitriles is 1. The molecule has 1 rings (SSSR count). The first kappa shape index (κ1) is 11.0. The summed E-state index contributed by atoms with van der Waals surface area (Å²) in [5.74, 6) is 0.959. The summed E-state index contributed by atoms with van der Waals surface area (Å²) in [4.78, 5) is 11.6. The largest absolute Gasteiger partial charge is 0.340 e. The molecule has 1 aliphatic rings. The number of rotatable bonds is 2. The van der Waals surface area contributed by atoms with E-state index in [1.807, 2.05) is 6.07 Å². The minimum absolute atomic E-state index is 0.0611. The molecule has 0 aromatic heterocycles. The van der Waals surface area contributed by atoms with Crippen LogP contribution in [-0.4, -0.2) is 11.9 Å². The molecular formula is C11H18N2O. The Morgan fingerprint density at radius 2 is 2.00 bits per heavy atom. The molecule has 0 heterocycles. The van der Waals surface area contributed by atoms with E-state index in [2.05, 4.69) is 12.2 Å². The number of amides is 1. The van der Waals surface area contributed by atoms with Crippen molar-refractivity contribution in [2.45, 2.75) is 45.6 Å². The van der Waals surface area contributed by atoms with Gasteiger partial charge in [0.05, 0.1) is 6.07 Å². The highest BCUT2D eigenvalue weighted by Gasteiger charge is 2.24. The number of carbonyl (C=O) groups is 1. The first-order chi connectivity index (χ1) is 6.63. The second-order valence-corrected chi connectivity index (χ2v) is 4.32. The normalized spacial score (nSPS) is 28.9. The molecule has 1 atom stereocenters. The van der Waals surface area contributed by atoms with E-state index in [1.54, 1.807) is 6.92 Å². The lowest BCUT2D eigenvalue weighted by molar-refractivity contribution is -0.126. The van der Waals surface area contributed by atoms with E-state index in [-0.39, 0.29) is 17.9 Å². The van der Waals surface area contributed by atoms with Crippen molar-refractivity contribution in [1.29, 1.82) is 5.26 Å². The number of nitrogens with zero attached hydrogens (tertiary/aromatic N) is 1. The van der Waals surface area contributed by atoms with E-state index in [9.17, 15) is 4.79 Å². The maximum absolute atomic E-state index is 11.6. The van der Waals surface area contributed by atoms with Crippen molar-refractivity contribution < 1.29 is 4.79 Å². The van der Waals surface area contributed by atoms with Gasteiger partial charge in [-0.15, -0.1) is 0 Å². The molecule has 0 spiro atoms. The minimum Gasteiger partial charge on any atom is -0.340 e. The molecule has 1 amide bonds. The third-order valence-corrected chi connectivity index (χ3v) is 2.94. The van der Waals surface area contributed by atoms with Gasteiger partial charge in [-0.1, -0.05) is 6.92 Å². The summed E-state index contributed by atoms with van der Waals surface area (Å²) in [5.41, 5.74) is 0. The van der Waals surface area contributed by atoms with Gasteiger partial charge in [0.15, 0.2) is 0 Å². The van der Waals surface area contributed by atoms with Crippen LogP contribution in [0.4, 0.5) is 0 Å². The Balaban J connectivity index is 2.35. The van der Waals surface area contributed by atoms with Crippen LogP contribution in [0, 0.1) is 23.2 Å². The molecule has 1 saturated carbocycles. The van der Waals surface area contributed by atoms with Crippen LogP contribution < -0.4 is 5.32 Å². The molecule has 1 unspecified atom stereocenters. The molecule has 14 heavy (non-hydrogen) atoms. The molecule has 1 fully saturated rings. The Bertz CT molecular complexity index is 236. The fraction of sp³-hybridized carbons (Fsp3) is 0.818. The summed E-state index contributed by atoms with van der Waals surface area (Å²) in [6.07, 6.45) is 4.23. The smallest absolute Gasteiger partial charge is 0.224 e. The molecule has 0 aliphatic heterocycles. The van der Waals surface area contributed by atoms with E-state index in [1.165, 1.54) is 0 Å². The van der Waals surface area contributed by atoms with Crippen molar-refractivity contribution in [2.24, 2.45) is 11.8 Å². The summed E-state index contributed by atoms with van der Waals surface area (Å²) in [6.45, 7) is 3.94. The predicted octanol–water partition coefficient (Wildman–Crippen LogP) is 1.84. The monoisotopic (exact) mass is 194 g/mol. The van der Waals surface area contributed by atoms with Gasteiger partial charge in [0.25, 0.3) is 0 Å². The van der Waals surface area contributed by atoms with Crippen LogP contribution in [0.1, 0.15) is 39.5 Å². The minimum atomic E-state index is -0.359. The number of hydrogen-bond acceptors (Lipinski definition) is 2. The zero-order valence-corrected chi connectivity index (χ0v) is 8.92. The first-order valence-electron chi connectivity index (χ1n) is 5.33. The van der Waals surface area contributed by atoms with Gasteiger partial charge < -0.3 is 5.32 Å². The highest BCUT2D eigenvalue weighted by Crippen LogP contribution is 2.28. The van der Waals surface area contributed by atoms with Crippen LogP contribution in [0.3, 0.4) is 0 Å². The van der Waals surface area contributed by atoms with Crippen LogP contribution in [0.5, 0.6) is 0 Å². The maximum atomic E-state index is 11.6. The van der Waals surface area contributed by atoms with E-state index in [4.69, 9.17) is 5.26 Å². The van der Waals surface area contributed by atoms with Crippen LogP contribution in [-0.2, 0) is 4.79 Å². The number of hydrogen-bond donors (Lipinski definition) is 1. The standard InChI is InChI=1S/C11H18N2O/c1-8-3-5-10(6-4-8)11(14)13-9(2)7-12/h8-10H,3-6H2,1-2H3,(H,13,14). The average Bonchev–Trinajstić information content (AvgIpc) is 2.18. The van der Waals surface area contributed by atoms with E-state index >= 15 is 0 Å². The molecule has 0 saturated heterocycles. The number of carbonyl (C=O) groups excluding carboxylic acids is 1. The summed E-state index contributed by atoms with van der Waals surface area (Å²) >= 11 is 0. The Morgan fingerprint density at radius 3 is 2.50 bits per heavy atom. The molecule has 0 aromatic carbocycles. The quantitative estimate of drug-likeness (QED) is 0.729. The van der Waals surface area contributed by atoms with Crippen molar-refractivity contribution in [3.05, 3.63) is 0 Å². The second kappa shape index (κ2) is 4.99. The van der Waals surface area contributed by atoms with Crippen molar-refractivity contribution in [1.82, 2.24) is 5.32 Å². The Hall–Kier alpha value is -1.04. The Morgan fingerprint density at radius 1 is 1.43 bits per heavy atom. The first-order valence-corrected chi connectivity index (χ1v) is 5.33. The Labute approximate surface area is 85.5 Å². The van der Waals surface area contributed by atoms with Gasteiger partial charge in [-0.25, -0.2) is 0 Å². The molecule has 1 N–H and O–H groups in total. The van der Waals surface area contributed by atoms with E-state index in [0.717, 1.165) is 31.6 Å². The fourth-order valence-electron chi connectivity index (χ4n) is 1.89. The highest BCUT2D eigenvalue weighted by atomic mass is 16.1. The lowest BCUT2D eigenvalue weighted by Crippen LogP contribution is -2.37. The van der Waals surface area contributed by atoms with Gasteiger partial charge in [0, 0.05) is 5.92 Å². The molecule has 3 heteroatoms. The van der Waals surface area contributed by atoms with Gasteiger partial charge in [0.2, 0.25) is 5.91 Å². The average molecular weight is 194 g/mol. The summed E-state index contributed by atoms with van der Waals surface area (Å²) in [5, 5.41) is 11.3. The molecule has 0 aromatic rings. The molecule has 0 radical (unpaired) electrons. The zero-order valence-electron chi connectivity index (χ0n) is 8.92. The van der Waals surface area contributed by atoms with Crippen molar-refractivity contribution >= 4 is 5.91 Å². The van der Waals surface area contributed by atoms with Crippen molar-refractivity contribution in [2.75, 3.05) is 0 Å². The lowest BCUT2D eigenvalue weighted by atomic mass is 9.82. The van der Waals surface area contributed by atoms with Gasteiger partial charge in [-0.2, -0.15) is 5.26 Å². The van der Waals surface area contributed by atoms with E-state index in [0.29, 0.717) is 0 Å². The van der Waals surface area contributed by atoms with Crippen LogP contribution in [0.25, 0.3) is 0 Å². The van der Waals surface area contributed by atoms with Crippen LogP contribution in [0.2, 0.25) is 0 Å². The molecule has 78 valence electrons. The third kappa shape index (κ3) is 3.02. The Kier molecular flexibility index (Phi) is 3.94. The van der Waals surface area contributed by atoms with Gasteiger partial charge in [0.1, 0.15) is 6.04 Å².